The maximum Gasteiger partial charge on any atom is 0.165 e. The minimum Gasteiger partial charge on any atom is -0.294 e. The van der Waals surface area contributed by atoms with E-state index in [-0.39, 0.29) is 5.78 Å². The van der Waals surface area contributed by atoms with Crippen LogP contribution in [0.25, 0.3) is 10.2 Å². The number of fused-ring (bicyclic) bond motifs is 1. The van der Waals surface area contributed by atoms with Gasteiger partial charge < -0.3 is 0 Å². The van der Waals surface area contributed by atoms with Crippen molar-refractivity contribution < 1.29 is 4.79 Å². The predicted octanol–water partition coefficient (Wildman–Crippen LogP) is 4.15. The molecule has 1 heterocycles. The fourth-order valence-electron chi connectivity index (χ4n) is 2.46. The van der Waals surface area contributed by atoms with Crippen LogP contribution in [0.2, 0.25) is 0 Å². The Kier molecular flexibility index (Phi) is 3.47. The van der Waals surface area contributed by atoms with Crippen molar-refractivity contribution in [3.05, 3.63) is 40.9 Å². The molecule has 0 saturated carbocycles. The van der Waals surface area contributed by atoms with Gasteiger partial charge in [-0.05, 0) is 42.9 Å². The molecular weight excluding hydrogens is 254 g/mol. The minimum absolute atomic E-state index is 0.256. The van der Waals surface area contributed by atoms with Gasteiger partial charge in [-0.2, -0.15) is 0 Å². The van der Waals surface area contributed by atoms with Gasteiger partial charge in [0.15, 0.2) is 5.78 Å². The third-order valence-electron chi connectivity index (χ3n) is 3.68. The van der Waals surface area contributed by atoms with Crippen molar-refractivity contribution in [3.8, 4) is 0 Å². The molecular formula is C16H17NOS. The summed E-state index contributed by atoms with van der Waals surface area (Å²) in [6, 6.07) is 8.06. The first-order chi connectivity index (χ1) is 9.22. The molecule has 1 aliphatic rings. The van der Waals surface area contributed by atoms with Crippen LogP contribution in [0.3, 0.4) is 0 Å². The number of thiazole rings is 1. The van der Waals surface area contributed by atoms with Gasteiger partial charge in [0.25, 0.3) is 0 Å². The Labute approximate surface area is 117 Å². The molecule has 1 unspecified atom stereocenters. The molecule has 3 rings (SSSR count). The van der Waals surface area contributed by atoms with Crippen LogP contribution < -0.4 is 0 Å². The highest BCUT2D eigenvalue weighted by molar-refractivity contribution is 7.18. The summed E-state index contributed by atoms with van der Waals surface area (Å²) < 4.78 is 1.16. The number of carbonyl (C=O) groups is 1. The van der Waals surface area contributed by atoms with E-state index in [1.54, 1.807) is 11.3 Å². The van der Waals surface area contributed by atoms with Crippen LogP contribution in [-0.2, 0) is 11.2 Å². The summed E-state index contributed by atoms with van der Waals surface area (Å²) in [4.78, 5) is 16.8. The standard InChI is InChI=1S/C16H17NOS/c1-11-6-8-12(9-7-11)14(18)10-16-17-13-4-2-3-5-15(13)19-16/h2-5,8,11H,6-7,9-10H2,1H3. The van der Waals surface area contributed by atoms with Crippen molar-refractivity contribution >= 4 is 27.3 Å². The highest BCUT2D eigenvalue weighted by Gasteiger charge is 2.17. The maximum absolute atomic E-state index is 12.2. The van der Waals surface area contributed by atoms with Crippen molar-refractivity contribution in [1.29, 1.82) is 0 Å². The molecule has 3 heteroatoms. The van der Waals surface area contributed by atoms with Crippen molar-refractivity contribution in [1.82, 2.24) is 4.98 Å². The monoisotopic (exact) mass is 271 g/mol. The number of nitrogens with zero attached hydrogens (tertiary/aromatic N) is 1. The predicted molar refractivity (Wildman–Crippen MR) is 79.4 cm³/mol. The highest BCUT2D eigenvalue weighted by atomic mass is 32.1. The Morgan fingerprint density at radius 3 is 3.00 bits per heavy atom. The lowest BCUT2D eigenvalue weighted by molar-refractivity contribution is -0.115. The second-order valence-electron chi connectivity index (χ2n) is 5.28. The second kappa shape index (κ2) is 5.25. The molecule has 0 aliphatic heterocycles. The Bertz CT molecular complexity index is 608. The topological polar surface area (TPSA) is 30.0 Å². The first-order valence-corrected chi connectivity index (χ1v) is 7.60. The molecule has 0 bridgehead atoms. The van der Waals surface area contributed by atoms with Crippen LogP contribution in [0, 0.1) is 5.92 Å². The molecule has 19 heavy (non-hydrogen) atoms. The molecule has 0 fully saturated rings. The lowest BCUT2D eigenvalue weighted by Crippen LogP contribution is -2.11. The number of Topliss-reactive ketones (excluding diaryl/α,β-unsaturated/α-hetero) is 1. The molecule has 0 N–H and O–H groups in total. The molecule has 0 spiro atoms. The van der Waals surface area contributed by atoms with Crippen molar-refractivity contribution in [2.24, 2.45) is 5.92 Å². The summed E-state index contributed by atoms with van der Waals surface area (Å²) in [5, 5.41) is 0.936. The molecule has 98 valence electrons. The average molecular weight is 271 g/mol. The smallest absolute Gasteiger partial charge is 0.165 e. The molecule has 1 atom stereocenters. The van der Waals surface area contributed by atoms with E-state index in [9.17, 15) is 4.79 Å². The van der Waals surface area contributed by atoms with Gasteiger partial charge >= 0.3 is 0 Å². The summed E-state index contributed by atoms with van der Waals surface area (Å²) in [6.45, 7) is 2.24. The van der Waals surface area contributed by atoms with E-state index in [1.807, 2.05) is 18.2 Å². The molecule has 0 radical (unpaired) electrons. The molecule has 0 amide bonds. The number of rotatable bonds is 3. The van der Waals surface area contributed by atoms with E-state index in [2.05, 4.69) is 24.1 Å². The summed E-state index contributed by atoms with van der Waals surface area (Å²) in [6.07, 6.45) is 5.70. The maximum atomic E-state index is 12.2. The van der Waals surface area contributed by atoms with Gasteiger partial charge in [-0.25, -0.2) is 4.98 Å². The zero-order valence-electron chi connectivity index (χ0n) is 11.1. The number of hydrogen-bond donors (Lipinski definition) is 0. The quantitative estimate of drug-likeness (QED) is 0.839. The number of ketones is 1. The molecule has 2 nitrogen and oxygen atoms in total. The molecule has 2 aromatic rings. The van der Waals surface area contributed by atoms with E-state index in [0.717, 1.165) is 46.0 Å². The van der Waals surface area contributed by atoms with Crippen molar-refractivity contribution in [2.45, 2.75) is 32.6 Å². The number of hydrogen-bond acceptors (Lipinski definition) is 3. The van der Waals surface area contributed by atoms with Crippen LogP contribution >= 0.6 is 11.3 Å². The van der Waals surface area contributed by atoms with Gasteiger partial charge in [0.05, 0.1) is 16.6 Å². The fraction of sp³-hybridized carbons (Fsp3) is 0.375. The average Bonchev–Trinajstić information content (AvgIpc) is 2.81. The van der Waals surface area contributed by atoms with E-state index in [4.69, 9.17) is 0 Å². The Morgan fingerprint density at radius 2 is 2.26 bits per heavy atom. The van der Waals surface area contributed by atoms with Crippen LogP contribution in [-0.4, -0.2) is 10.8 Å². The summed E-state index contributed by atoms with van der Waals surface area (Å²) in [5.41, 5.74) is 2.01. The lowest BCUT2D eigenvalue weighted by atomic mass is 9.88. The summed E-state index contributed by atoms with van der Waals surface area (Å²) in [5.74, 6) is 0.977. The van der Waals surface area contributed by atoms with Gasteiger partial charge in [-0.1, -0.05) is 25.1 Å². The minimum atomic E-state index is 0.256. The number of carbonyl (C=O) groups excluding carboxylic acids is 1. The van der Waals surface area contributed by atoms with E-state index >= 15 is 0 Å². The number of allylic oxidation sites excluding steroid dienone is 2. The largest absolute Gasteiger partial charge is 0.294 e. The van der Waals surface area contributed by atoms with Gasteiger partial charge in [-0.15, -0.1) is 11.3 Å². The van der Waals surface area contributed by atoms with Gasteiger partial charge in [0.2, 0.25) is 0 Å². The van der Waals surface area contributed by atoms with Gasteiger partial charge in [0.1, 0.15) is 5.01 Å². The molecule has 0 saturated heterocycles. The summed E-state index contributed by atoms with van der Waals surface area (Å²) in [7, 11) is 0. The first-order valence-electron chi connectivity index (χ1n) is 6.79. The van der Waals surface area contributed by atoms with E-state index in [1.165, 1.54) is 0 Å². The normalized spacial score (nSPS) is 19.4. The zero-order chi connectivity index (χ0) is 13.2. The van der Waals surface area contributed by atoms with Crippen LogP contribution in [0.5, 0.6) is 0 Å². The van der Waals surface area contributed by atoms with Crippen molar-refractivity contribution in [3.63, 3.8) is 0 Å². The summed E-state index contributed by atoms with van der Waals surface area (Å²) >= 11 is 1.63. The van der Waals surface area contributed by atoms with Crippen LogP contribution in [0.4, 0.5) is 0 Å². The number of benzene rings is 1. The van der Waals surface area contributed by atoms with Crippen LogP contribution in [0.15, 0.2) is 35.9 Å². The SMILES string of the molecule is CC1CC=C(C(=O)Cc2nc3ccccc3s2)CC1. The fourth-order valence-corrected chi connectivity index (χ4v) is 3.43. The molecule has 1 aromatic carbocycles. The van der Waals surface area contributed by atoms with E-state index in [0.29, 0.717) is 6.42 Å². The third kappa shape index (κ3) is 2.76. The van der Waals surface area contributed by atoms with Crippen LogP contribution in [0.1, 0.15) is 31.2 Å². The highest BCUT2D eigenvalue weighted by Crippen LogP contribution is 2.26. The lowest BCUT2D eigenvalue weighted by Gasteiger charge is -2.16. The molecule has 1 aromatic heterocycles. The van der Waals surface area contributed by atoms with E-state index < -0.39 is 0 Å². The third-order valence-corrected chi connectivity index (χ3v) is 4.72. The first kappa shape index (κ1) is 12.5. The number of para-hydroxylation sites is 1. The Hall–Kier alpha value is -1.48. The van der Waals surface area contributed by atoms with Gasteiger partial charge in [-0.3, -0.25) is 4.79 Å². The zero-order valence-corrected chi connectivity index (χ0v) is 11.9. The molecule has 1 aliphatic carbocycles. The Balaban J connectivity index is 1.75. The number of aromatic nitrogens is 1. The van der Waals surface area contributed by atoms with Crippen molar-refractivity contribution in [2.75, 3.05) is 0 Å². The Morgan fingerprint density at radius 1 is 1.42 bits per heavy atom. The second-order valence-corrected chi connectivity index (χ2v) is 6.40. The van der Waals surface area contributed by atoms with Gasteiger partial charge in [0, 0.05) is 0 Å².